The molecule has 3 fully saturated rings. The lowest BCUT2D eigenvalue weighted by Crippen LogP contribution is -2.71. The Labute approximate surface area is 121 Å². The highest BCUT2D eigenvalue weighted by atomic mass is 16.2. The molecule has 4 nitrogen and oxygen atoms in total. The zero-order valence-corrected chi connectivity index (χ0v) is 12.7. The average Bonchev–Trinajstić information content (AvgIpc) is 3.15. The third-order valence-corrected chi connectivity index (χ3v) is 5.46. The van der Waals surface area contributed by atoms with E-state index in [0.29, 0.717) is 6.42 Å². The first-order valence-electron chi connectivity index (χ1n) is 8.13. The highest BCUT2D eigenvalue weighted by Gasteiger charge is 2.53. The Morgan fingerprint density at radius 2 is 1.80 bits per heavy atom. The van der Waals surface area contributed by atoms with Crippen molar-refractivity contribution in [3.8, 4) is 0 Å². The number of nitrogens with zero attached hydrogens (tertiary/aromatic N) is 1. The van der Waals surface area contributed by atoms with Gasteiger partial charge in [-0.2, -0.15) is 0 Å². The Kier molecular flexibility index (Phi) is 3.30. The molecule has 1 atom stereocenters. The van der Waals surface area contributed by atoms with E-state index in [9.17, 15) is 9.59 Å². The minimum Gasteiger partial charge on any atom is -0.340 e. The van der Waals surface area contributed by atoms with Crippen molar-refractivity contribution in [2.45, 2.75) is 76.8 Å². The van der Waals surface area contributed by atoms with Crippen LogP contribution in [-0.2, 0) is 9.59 Å². The maximum Gasteiger partial charge on any atom is 0.249 e. The van der Waals surface area contributed by atoms with E-state index in [1.54, 1.807) is 0 Å². The number of rotatable bonds is 3. The molecule has 3 rings (SSSR count). The molecule has 4 heteroatoms. The molecule has 0 aromatic heterocycles. The van der Waals surface area contributed by atoms with E-state index < -0.39 is 5.54 Å². The Balaban J connectivity index is 1.86. The number of hydrogen-bond acceptors (Lipinski definition) is 2. The van der Waals surface area contributed by atoms with Gasteiger partial charge in [-0.3, -0.25) is 9.59 Å². The maximum absolute atomic E-state index is 13.0. The fourth-order valence-electron chi connectivity index (χ4n) is 3.80. The molecule has 0 aromatic rings. The summed E-state index contributed by atoms with van der Waals surface area (Å²) in [6.07, 6.45) is 8.00. The van der Waals surface area contributed by atoms with Gasteiger partial charge in [-0.05, 0) is 37.5 Å². The van der Waals surface area contributed by atoms with Crippen molar-refractivity contribution >= 4 is 11.8 Å². The SMILES string of the molecule is CCC1C(=O)NC2(CCCCC2)C(=O)N1CC1(C)CC1. The Hall–Kier alpha value is -1.06. The number of nitrogens with one attached hydrogen (secondary N) is 1. The summed E-state index contributed by atoms with van der Waals surface area (Å²) in [6.45, 7) is 4.99. The minimum absolute atomic E-state index is 0.0678. The van der Waals surface area contributed by atoms with Crippen LogP contribution in [0.3, 0.4) is 0 Å². The fourth-order valence-corrected chi connectivity index (χ4v) is 3.80. The van der Waals surface area contributed by atoms with Gasteiger partial charge in [0.2, 0.25) is 11.8 Å². The number of piperazine rings is 1. The van der Waals surface area contributed by atoms with Gasteiger partial charge >= 0.3 is 0 Å². The second-order valence-corrected chi connectivity index (χ2v) is 7.30. The lowest BCUT2D eigenvalue weighted by molar-refractivity contribution is -0.157. The minimum atomic E-state index is -0.577. The zero-order valence-electron chi connectivity index (χ0n) is 12.7. The average molecular weight is 278 g/mol. The van der Waals surface area contributed by atoms with Crippen molar-refractivity contribution in [3.05, 3.63) is 0 Å². The standard InChI is InChI=1S/C16H26N2O2/c1-3-12-13(19)17-16(7-5-4-6-8-16)14(20)18(12)11-15(2)9-10-15/h12H,3-11H2,1-2H3,(H,17,19). The molecule has 0 radical (unpaired) electrons. The van der Waals surface area contributed by atoms with E-state index in [4.69, 9.17) is 0 Å². The van der Waals surface area contributed by atoms with Crippen LogP contribution in [0.25, 0.3) is 0 Å². The van der Waals surface area contributed by atoms with Gasteiger partial charge in [0.15, 0.2) is 0 Å². The van der Waals surface area contributed by atoms with E-state index in [0.717, 1.165) is 32.2 Å². The molecular formula is C16H26N2O2. The molecule has 1 N–H and O–H groups in total. The highest BCUT2D eigenvalue weighted by Crippen LogP contribution is 2.47. The number of hydrogen-bond donors (Lipinski definition) is 1. The maximum atomic E-state index is 13.0. The van der Waals surface area contributed by atoms with Gasteiger partial charge in [0.1, 0.15) is 11.6 Å². The molecule has 1 aliphatic heterocycles. The predicted octanol–water partition coefficient (Wildman–Crippen LogP) is 2.23. The normalized spacial score (nSPS) is 31.3. The molecule has 1 unspecified atom stereocenters. The van der Waals surface area contributed by atoms with Crippen molar-refractivity contribution in [3.63, 3.8) is 0 Å². The lowest BCUT2D eigenvalue weighted by Gasteiger charge is -2.48. The van der Waals surface area contributed by atoms with E-state index in [1.165, 1.54) is 19.3 Å². The Morgan fingerprint density at radius 3 is 2.35 bits per heavy atom. The zero-order chi connectivity index (χ0) is 14.4. The first kappa shape index (κ1) is 13.9. The molecule has 2 aliphatic carbocycles. The molecule has 1 saturated heterocycles. The summed E-state index contributed by atoms with van der Waals surface area (Å²) >= 11 is 0. The first-order valence-corrected chi connectivity index (χ1v) is 8.13. The second kappa shape index (κ2) is 4.74. The van der Waals surface area contributed by atoms with Crippen LogP contribution in [0, 0.1) is 5.41 Å². The van der Waals surface area contributed by atoms with Crippen LogP contribution in [0.4, 0.5) is 0 Å². The van der Waals surface area contributed by atoms with Gasteiger partial charge in [0.25, 0.3) is 0 Å². The van der Waals surface area contributed by atoms with Crippen molar-refractivity contribution in [1.82, 2.24) is 10.2 Å². The van der Waals surface area contributed by atoms with Crippen molar-refractivity contribution in [2.75, 3.05) is 6.54 Å². The van der Waals surface area contributed by atoms with Crippen LogP contribution in [0.5, 0.6) is 0 Å². The van der Waals surface area contributed by atoms with E-state index in [1.807, 2.05) is 11.8 Å². The Morgan fingerprint density at radius 1 is 1.15 bits per heavy atom. The summed E-state index contributed by atoms with van der Waals surface area (Å²) in [6, 6.07) is -0.257. The van der Waals surface area contributed by atoms with E-state index in [-0.39, 0.29) is 23.3 Å². The van der Waals surface area contributed by atoms with Crippen LogP contribution >= 0.6 is 0 Å². The third kappa shape index (κ3) is 2.23. The smallest absolute Gasteiger partial charge is 0.249 e. The lowest BCUT2D eigenvalue weighted by atomic mass is 9.78. The molecule has 112 valence electrons. The molecule has 20 heavy (non-hydrogen) atoms. The molecular weight excluding hydrogens is 252 g/mol. The molecule has 0 aromatic carbocycles. The van der Waals surface area contributed by atoms with Crippen LogP contribution in [0.1, 0.15) is 65.2 Å². The summed E-state index contributed by atoms with van der Waals surface area (Å²) in [5, 5.41) is 3.09. The molecule has 1 spiro atoms. The number of amides is 2. The van der Waals surface area contributed by atoms with Crippen molar-refractivity contribution in [1.29, 1.82) is 0 Å². The highest BCUT2D eigenvalue weighted by molar-refractivity contribution is 6.00. The van der Waals surface area contributed by atoms with Gasteiger partial charge in [-0.25, -0.2) is 0 Å². The molecule has 0 bridgehead atoms. The topological polar surface area (TPSA) is 49.4 Å². The van der Waals surface area contributed by atoms with Crippen LogP contribution in [0.15, 0.2) is 0 Å². The van der Waals surface area contributed by atoms with Crippen LogP contribution in [0.2, 0.25) is 0 Å². The molecule has 2 amide bonds. The van der Waals surface area contributed by atoms with Gasteiger partial charge < -0.3 is 10.2 Å². The summed E-state index contributed by atoms with van der Waals surface area (Å²) in [5.74, 6) is 0.259. The van der Waals surface area contributed by atoms with Gasteiger partial charge in [-0.15, -0.1) is 0 Å². The van der Waals surface area contributed by atoms with Crippen LogP contribution < -0.4 is 5.32 Å². The summed E-state index contributed by atoms with van der Waals surface area (Å²) in [7, 11) is 0. The second-order valence-electron chi connectivity index (χ2n) is 7.30. The number of carbonyl (C=O) groups excluding carboxylic acids is 2. The number of carbonyl (C=O) groups is 2. The molecule has 2 saturated carbocycles. The van der Waals surface area contributed by atoms with Crippen molar-refractivity contribution in [2.24, 2.45) is 5.41 Å². The monoisotopic (exact) mass is 278 g/mol. The largest absolute Gasteiger partial charge is 0.340 e. The van der Waals surface area contributed by atoms with Crippen LogP contribution in [-0.4, -0.2) is 34.8 Å². The summed E-state index contributed by atoms with van der Waals surface area (Å²) in [5.41, 5.74) is -0.317. The fraction of sp³-hybridized carbons (Fsp3) is 0.875. The predicted molar refractivity (Wildman–Crippen MR) is 77.1 cm³/mol. The Bertz CT molecular complexity index is 422. The summed E-state index contributed by atoms with van der Waals surface area (Å²) < 4.78 is 0. The quantitative estimate of drug-likeness (QED) is 0.860. The molecule has 1 heterocycles. The van der Waals surface area contributed by atoms with E-state index >= 15 is 0 Å². The first-order chi connectivity index (χ1) is 9.50. The third-order valence-electron chi connectivity index (χ3n) is 5.46. The summed E-state index contributed by atoms with van der Waals surface area (Å²) in [4.78, 5) is 27.4. The molecule has 3 aliphatic rings. The van der Waals surface area contributed by atoms with Crippen molar-refractivity contribution < 1.29 is 9.59 Å². The van der Waals surface area contributed by atoms with E-state index in [2.05, 4.69) is 12.2 Å². The van der Waals surface area contributed by atoms with Gasteiger partial charge in [0.05, 0.1) is 0 Å². The van der Waals surface area contributed by atoms with Gasteiger partial charge in [0, 0.05) is 6.54 Å². The van der Waals surface area contributed by atoms with Gasteiger partial charge in [-0.1, -0.05) is 33.1 Å².